The molecule has 0 fully saturated rings. The molecule has 0 saturated heterocycles. The molecule has 1 atom stereocenters. The van der Waals surface area contributed by atoms with Gasteiger partial charge in [-0.05, 0) is 90.2 Å². The average Bonchev–Trinajstić information content (AvgIpc) is 2.55. The number of unbranched alkanes of at least 4 members (excludes halogenated alkanes) is 2. The monoisotopic (exact) mass is 492 g/mol. The van der Waals surface area contributed by atoms with E-state index in [4.69, 9.17) is 18.1 Å². The third-order valence-electron chi connectivity index (χ3n) is 3.57. The van der Waals surface area contributed by atoms with Crippen molar-refractivity contribution >= 4 is 40.9 Å². The van der Waals surface area contributed by atoms with Crippen molar-refractivity contribution in [1.82, 2.24) is 0 Å². The Labute approximate surface area is 190 Å². The molecule has 1 unspecified atom stereocenters. The van der Waals surface area contributed by atoms with Gasteiger partial charge in [0.15, 0.2) is 17.4 Å². The molecule has 0 aliphatic heterocycles. The van der Waals surface area contributed by atoms with E-state index < -0.39 is 35.0 Å². The lowest BCUT2D eigenvalue weighted by Gasteiger charge is -2.30. The molecular weight excluding hydrogens is 449 g/mol. The Kier molecular flexibility index (Phi) is 18.3. The maximum absolute atomic E-state index is 11.4. The van der Waals surface area contributed by atoms with Gasteiger partial charge in [-0.1, -0.05) is 12.7 Å². The first kappa shape index (κ1) is 31.8. The van der Waals surface area contributed by atoms with E-state index >= 15 is 0 Å². The summed E-state index contributed by atoms with van der Waals surface area (Å²) in [5.41, 5.74) is 2.29. The van der Waals surface area contributed by atoms with Crippen LogP contribution in [-0.2, 0) is 18.1 Å². The van der Waals surface area contributed by atoms with Crippen LogP contribution in [0.5, 0.6) is 0 Å². The molecule has 2 radical (unpaired) electrons. The second kappa shape index (κ2) is 17.2. The minimum absolute atomic E-state index is 0.352. The van der Waals surface area contributed by atoms with Crippen LogP contribution < -0.4 is 0 Å². The second-order valence-electron chi connectivity index (χ2n) is 8.54. The van der Waals surface area contributed by atoms with Crippen LogP contribution in [0.3, 0.4) is 0 Å². The van der Waals surface area contributed by atoms with Gasteiger partial charge in [-0.2, -0.15) is 0 Å². The van der Waals surface area contributed by atoms with E-state index in [9.17, 15) is 9.59 Å². The number of esters is 1. The van der Waals surface area contributed by atoms with Crippen molar-refractivity contribution in [3.05, 3.63) is 23.9 Å². The average molecular weight is 493 g/mol. The lowest BCUT2D eigenvalue weighted by Crippen LogP contribution is -2.45. The predicted molar refractivity (Wildman–Crippen MR) is 134 cm³/mol. The van der Waals surface area contributed by atoms with Crippen molar-refractivity contribution in [2.45, 2.75) is 84.5 Å². The van der Waals surface area contributed by atoms with E-state index in [0.29, 0.717) is 12.2 Å². The molecule has 176 valence electrons. The largest absolute Gasteiger partial charge is 0.462 e. The van der Waals surface area contributed by atoms with E-state index in [1.165, 1.54) is 0 Å². The molecule has 2 N–H and O–H groups in total. The number of ether oxygens (including phenoxy) is 1. The van der Waals surface area contributed by atoms with Gasteiger partial charge in [0, 0.05) is 12.2 Å². The first-order valence-electron chi connectivity index (χ1n) is 10.5. The van der Waals surface area contributed by atoms with Crippen LogP contribution in [0.1, 0.15) is 32.6 Å². The number of hydrogen-bond donors (Lipinski definition) is 2. The molecule has 0 aromatic heterocycles. The van der Waals surface area contributed by atoms with Crippen molar-refractivity contribution < 1.29 is 27.7 Å². The van der Waals surface area contributed by atoms with Gasteiger partial charge in [-0.25, -0.2) is 4.79 Å². The summed E-state index contributed by atoms with van der Waals surface area (Å²) < 4.78 is 16.8. The number of carbonyl (C=O) groups is 1. The van der Waals surface area contributed by atoms with Crippen LogP contribution >= 0.6 is 0 Å². The highest BCUT2D eigenvalue weighted by molar-refractivity contribution is 6.84. The molecule has 0 rings (SSSR count). The standard InChI is InChI=1S/C18H37O5Si3.C2H7OSi/c1-17(2)18(19)21-13-12-15-25(5,6)23-26(7,20)16-11-9-8-10-14-22-24(3)4;1-4(2)3/h11,16,20H,1,8-10,12-15H2,2-7H3;3H,1-2H3/b16-11+;. The van der Waals surface area contributed by atoms with Crippen LogP contribution in [0.25, 0.3) is 0 Å². The zero-order valence-corrected chi connectivity index (χ0v) is 24.3. The van der Waals surface area contributed by atoms with Crippen molar-refractivity contribution in [3.8, 4) is 0 Å². The Morgan fingerprint density at radius 2 is 1.63 bits per heavy atom. The summed E-state index contributed by atoms with van der Waals surface area (Å²) in [6.07, 6.45) is 5.82. The van der Waals surface area contributed by atoms with Crippen molar-refractivity contribution in [3.63, 3.8) is 0 Å². The van der Waals surface area contributed by atoms with Crippen LogP contribution in [0.15, 0.2) is 23.9 Å². The highest BCUT2D eigenvalue weighted by atomic mass is 28.4. The van der Waals surface area contributed by atoms with E-state index in [0.717, 1.165) is 38.3 Å². The van der Waals surface area contributed by atoms with Crippen LogP contribution in [0, 0.1) is 0 Å². The normalized spacial score (nSPS) is 13.9. The Bertz CT molecular complexity index is 505. The Hall–Kier alpha value is -0.342. The predicted octanol–water partition coefficient (Wildman–Crippen LogP) is 4.55. The van der Waals surface area contributed by atoms with E-state index in [1.54, 1.807) is 6.92 Å². The number of allylic oxidation sites excluding steroid dienone is 1. The fourth-order valence-electron chi connectivity index (χ4n) is 2.37. The summed E-state index contributed by atoms with van der Waals surface area (Å²) in [6.45, 7) is 20.3. The minimum Gasteiger partial charge on any atom is -0.462 e. The lowest BCUT2D eigenvalue weighted by molar-refractivity contribution is -0.138. The molecule has 0 aliphatic rings. The summed E-state index contributed by atoms with van der Waals surface area (Å²) in [5, 5.41) is 0. The van der Waals surface area contributed by atoms with Crippen LogP contribution in [-0.4, -0.2) is 63.7 Å². The molecule has 6 nitrogen and oxygen atoms in total. The van der Waals surface area contributed by atoms with E-state index in [-0.39, 0.29) is 5.97 Å². The molecule has 0 saturated carbocycles. The zero-order chi connectivity index (χ0) is 23.8. The molecule has 0 spiro atoms. The first-order valence-corrected chi connectivity index (χ1v) is 20.9. The maximum atomic E-state index is 11.4. The summed E-state index contributed by atoms with van der Waals surface area (Å²) in [7, 11) is -6.26. The van der Waals surface area contributed by atoms with Gasteiger partial charge in [-0.15, -0.1) is 0 Å². The highest BCUT2D eigenvalue weighted by Gasteiger charge is 2.33. The van der Waals surface area contributed by atoms with Gasteiger partial charge in [0.2, 0.25) is 9.04 Å². The Morgan fingerprint density at radius 1 is 1.07 bits per heavy atom. The summed E-state index contributed by atoms with van der Waals surface area (Å²) >= 11 is 0. The fourth-order valence-corrected chi connectivity index (χ4v) is 9.68. The van der Waals surface area contributed by atoms with Gasteiger partial charge in [-0.3, -0.25) is 0 Å². The molecule has 0 heterocycles. The fraction of sp³-hybridized carbons (Fsp3) is 0.750. The van der Waals surface area contributed by atoms with Gasteiger partial charge < -0.3 is 22.9 Å². The van der Waals surface area contributed by atoms with Gasteiger partial charge >= 0.3 is 14.5 Å². The summed E-state index contributed by atoms with van der Waals surface area (Å²) in [6, 6.07) is 0.836. The van der Waals surface area contributed by atoms with Crippen LogP contribution in [0.2, 0.25) is 51.9 Å². The number of hydrogen-bond acceptors (Lipinski definition) is 6. The lowest BCUT2D eigenvalue weighted by atomic mass is 10.2. The maximum Gasteiger partial charge on any atom is 0.348 e. The number of carbonyl (C=O) groups excluding carboxylic acids is 1. The van der Waals surface area contributed by atoms with Crippen LogP contribution in [0.4, 0.5) is 0 Å². The summed E-state index contributed by atoms with van der Waals surface area (Å²) in [5.74, 6) is -0.352. The number of rotatable bonds is 14. The smallest absolute Gasteiger partial charge is 0.348 e. The van der Waals surface area contributed by atoms with Gasteiger partial charge in [0.25, 0.3) is 0 Å². The highest BCUT2D eigenvalue weighted by Crippen LogP contribution is 2.20. The second-order valence-corrected chi connectivity index (χ2v) is 19.8. The van der Waals surface area contributed by atoms with Gasteiger partial charge in [0.1, 0.15) is 0 Å². The molecule has 30 heavy (non-hydrogen) atoms. The van der Waals surface area contributed by atoms with Crippen molar-refractivity contribution in [2.24, 2.45) is 0 Å². The quantitative estimate of drug-likeness (QED) is 0.160. The topological polar surface area (TPSA) is 85.2 Å². The third-order valence-corrected chi connectivity index (χ3v) is 10.6. The molecule has 0 amide bonds. The van der Waals surface area contributed by atoms with E-state index in [2.05, 4.69) is 32.8 Å². The Morgan fingerprint density at radius 3 is 2.13 bits per heavy atom. The molecule has 0 bridgehead atoms. The first-order chi connectivity index (χ1) is 13.7. The van der Waals surface area contributed by atoms with E-state index in [1.807, 2.05) is 31.4 Å². The molecular formula is C20H44O6Si4. The third kappa shape index (κ3) is 23.9. The van der Waals surface area contributed by atoms with Crippen molar-refractivity contribution in [1.29, 1.82) is 0 Å². The Balaban J connectivity index is 0. The molecule has 10 heteroatoms. The summed E-state index contributed by atoms with van der Waals surface area (Å²) in [4.78, 5) is 30.1. The van der Waals surface area contributed by atoms with Gasteiger partial charge in [0.05, 0.1) is 6.61 Å². The van der Waals surface area contributed by atoms with Crippen molar-refractivity contribution in [2.75, 3.05) is 13.2 Å². The zero-order valence-electron chi connectivity index (χ0n) is 20.3. The SMILES string of the molecule is C=C(C)C(=O)OCCC[Si](C)(C)O[Si](C)(O)/C=C/CCCCO[Si](C)C.C[Si](C)O. The molecule has 0 aliphatic carbocycles. The molecule has 0 aromatic rings. The minimum atomic E-state index is -2.79. The molecule has 0 aromatic carbocycles.